The molecule has 1 aliphatic carbocycles. The molecule has 36 heavy (non-hydrogen) atoms. The van der Waals surface area contributed by atoms with E-state index in [1.165, 1.54) is 23.9 Å². The molecule has 3 aromatic rings. The van der Waals surface area contributed by atoms with Gasteiger partial charge in [0.2, 0.25) is 5.78 Å². The molecule has 1 aromatic carbocycles. The van der Waals surface area contributed by atoms with Crippen LogP contribution in [-0.2, 0) is 20.9 Å². The number of rotatable bonds is 9. The van der Waals surface area contributed by atoms with Crippen LogP contribution in [0, 0.1) is 12.8 Å². The Kier molecular flexibility index (Phi) is 7.99. The molecule has 0 aliphatic heterocycles. The molecule has 1 aliphatic rings. The van der Waals surface area contributed by atoms with E-state index in [0.29, 0.717) is 11.4 Å². The standard InChI is InChI=1S/C22H24ClN5O6S2/c1-11-16(6-12-3-2-4-14(23)5-12)28-22(35-11)19(30)15-8-25-10-26-21(15)27-17-7-13(18(29)20(17)31)9-34-36(24,32)33/h2-5,8,10,13,17-18,20,29,31H,6-7,9H2,1H3,(H2,24,32,33)(H,25,26,27)/t13-,17-,18-,20+/m1/s1. The highest BCUT2D eigenvalue weighted by atomic mass is 35.5. The maximum atomic E-state index is 13.3. The van der Waals surface area contributed by atoms with Crippen molar-refractivity contribution in [2.24, 2.45) is 11.1 Å². The third-order valence-electron chi connectivity index (χ3n) is 5.87. The van der Waals surface area contributed by atoms with Crippen LogP contribution in [0.25, 0.3) is 0 Å². The van der Waals surface area contributed by atoms with E-state index in [4.69, 9.17) is 16.7 Å². The Morgan fingerprint density at radius 3 is 2.83 bits per heavy atom. The van der Waals surface area contributed by atoms with Gasteiger partial charge in [0.05, 0.1) is 30.0 Å². The molecule has 192 valence electrons. The molecule has 11 nitrogen and oxygen atoms in total. The summed E-state index contributed by atoms with van der Waals surface area (Å²) in [7, 11) is -4.19. The molecule has 2 aromatic heterocycles. The first-order valence-electron chi connectivity index (χ1n) is 10.9. The van der Waals surface area contributed by atoms with Crippen LogP contribution in [0.5, 0.6) is 0 Å². The second kappa shape index (κ2) is 10.8. The maximum Gasteiger partial charge on any atom is 0.333 e. The number of carbonyl (C=O) groups is 1. The molecule has 0 spiro atoms. The van der Waals surface area contributed by atoms with Gasteiger partial charge in [-0.1, -0.05) is 23.7 Å². The first-order valence-corrected chi connectivity index (χ1v) is 13.5. The van der Waals surface area contributed by atoms with E-state index >= 15 is 0 Å². The van der Waals surface area contributed by atoms with E-state index in [1.54, 1.807) is 6.07 Å². The first kappa shape index (κ1) is 26.5. The van der Waals surface area contributed by atoms with Crippen molar-refractivity contribution in [1.29, 1.82) is 0 Å². The first-order chi connectivity index (χ1) is 17.0. The van der Waals surface area contributed by atoms with Crippen molar-refractivity contribution in [3.8, 4) is 0 Å². The highest BCUT2D eigenvalue weighted by molar-refractivity contribution is 7.84. The number of nitrogens with two attached hydrogens (primary N) is 1. The van der Waals surface area contributed by atoms with Crippen LogP contribution in [0.3, 0.4) is 0 Å². The molecule has 0 saturated heterocycles. The second-order valence-electron chi connectivity index (χ2n) is 8.45. The lowest BCUT2D eigenvalue weighted by Gasteiger charge is -2.19. The van der Waals surface area contributed by atoms with Gasteiger partial charge in [-0.05, 0) is 31.0 Å². The predicted octanol–water partition coefficient (Wildman–Crippen LogP) is 1.46. The van der Waals surface area contributed by atoms with Crippen LogP contribution in [-0.4, -0.2) is 64.2 Å². The number of hydrogen-bond acceptors (Lipinski definition) is 11. The average molecular weight is 554 g/mol. The number of thiazole rings is 1. The minimum absolute atomic E-state index is 0.145. The third-order valence-corrected chi connectivity index (χ3v) is 7.59. The van der Waals surface area contributed by atoms with Crippen molar-refractivity contribution in [3.63, 3.8) is 0 Å². The molecule has 0 bridgehead atoms. The number of nitrogens with one attached hydrogen (secondary N) is 1. The van der Waals surface area contributed by atoms with Crippen LogP contribution < -0.4 is 10.5 Å². The van der Waals surface area contributed by atoms with Gasteiger partial charge in [0, 0.05) is 28.4 Å². The van der Waals surface area contributed by atoms with Gasteiger partial charge < -0.3 is 15.5 Å². The highest BCUT2D eigenvalue weighted by Crippen LogP contribution is 2.31. The van der Waals surface area contributed by atoms with E-state index in [1.807, 2.05) is 25.1 Å². The molecular formula is C22H24ClN5O6S2. The number of halogens is 1. The van der Waals surface area contributed by atoms with Gasteiger partial charge in [-0.2, -0.15) is 8.42 Å². The normalized spacial score (nSPS) is 22.0. The van der Waals surface area contributed by atoms with Gasteiger partial charge in [-0.3, -0.25) is 8.98 Å². The van der Waals surface area contributed by atoms with Crippen molar-refractivity contribution in [2.75, 3.05) is 11.9 Å². The predicted molar refractivity (Wildman–Crippen MR) is 133 cm³/mol. The number of hydrogen-bond donors (Lipinski definition) is 4. The van der Waals surface area contributed by atoms with Crippen molar-refractivity contribution in [3.05, 3.63) is 68.5 Å². The summed E-state index contributed by atoms with van der Waals surface area (Å²) in [5.41, 5.74) is 1.87. The molecule has 2 heterocycles. The highest BCUT2D eigenvalue weighted by Gasteiger charge is 2.42. The molecule has 1 fully saturated rings. The lowest BCUT2D eigenvalue weighted by atomic mass is 10.1. The van der Waals surface area contributed by atoms with Crippen LogP contribution in [0.15, 0.2) is 36.8 Å². The molecule has 1 saturated carbocycles. The molecule has 0 amide bonds. The zero-order valence-corrected chi connectivity index (χ0v) is 21.4. The van der Waals surface area contributed by atoms with Crippen LogP contribution in [0.4, 0.5) is 5.82 Å². The summed E-state index contributed by atoms with van der Waals surface area (Å²) in [5, 5.41) is 29.5. The fraction of sp³-hybridized carbons (Fsp3) is 0.364. The second-order valence-corrected chi connectivity index (χ2v) is 11.3. The van der Waals surface area contributed by atoms with Gasteiger partial charge in [-0.25, -0.2) is 20.1 Å². The smallest absolute Gasteiger partial charge is 0.333 e. The van der Waals surface area contributed by atoms with Gasteiger partial charge in [0.25, 0.3) is 0 Å². The Morgan fingerprint density at radius 2 is 2.11 bits per heavy atom. The Morgan fingerprint density at radius 1 is 1.33 bits per heavy atom. The number of anilines is 1. The Labute approximate surface area is 216 Å². The number of aromatic nitrogens is 3. The van der Waals surface area contributed by atoms with E-state index in [9.17, 15) is 23.4 Å². The van der Waals surface area contributed by atoms with Crippen molar-refractivity contribution in [2.45, 2.75) is 38.0 Å². The Hall–Kier alpha value is -2.52. The fourth-order valence-electron chi connectivity index (χ4n) is 4.05. The summed E-state index contributed by atoms with van der Waals surface area (Å²) < 4.78 is 26.7. The van der Waals surface area contributed by atoms with Crippen LogP contribution in [0.1, 0.15) is 37.9 Å². The summed E-state index contributed by atoms with van der Waals surface area (Å²) in [4.78, 5) is 26.9. The van der Waals surface area contributed by atoms with Gasteiger partial charge in [-0.15, -0.1) is 11.3 Å². The summed E-state index contributed by atoms with van der Waals surface area (Å²) in [6.45, 7) is 1.49. The number of ketones is 1. The molecular weight excluding hydrogens is 530 g/mol. The number of carbonyl (C=O) groups excluding carboxylic acids is 1. The van der Waals surface area contributed by atoms with Crippen molar-refractivity contribution < 1.29 is 27.6 Å². The maximum absolute atomic E-state index is 13.3. The molecule has 5 N–H and O–H groups in total. The largest absolute Gasteiger partial charge is 0.390 e. The lowest BCUT2D eigenvalue weighted by Crippen LogP contribution is -2.36. The number of nitrogens with zero attached hydrogens (tertiary/aromatic N) is 3. The van der Waals surface area contributed by atoms with Gasteiger partial charge >= 0.3 is 10.3 Å². The van der Waals surface area contributed by atoms with Crippen LogP contribution in [0.2, 0.25) is 5.02 Å². The van der Waals surface area contributed by atoms with Crippen LogP contribution >= 0.6 is 22.9 Å². The quantitative estimate of drug-likeness (QED) is 0.283. The van der Waals surface area contributed by atoms with E-state index < -0.39 is 46.9 Å². The minimum atomic E-state index is -4.19. The molecule has 4 atom stereocenters. The Bertz CT molecular complexity index is 1370. The van der Waals surface area contributed by atoms with E-state index in [0.717, 1.165) is 16.1 Å². The number of aryl methyl sites for hydroxylation is 1. The SMILES string of the molecule is Cc1sc(C(=O)c2cncnc2N[C@@H]2C[C@H](COS(N)(=O)=O)[C@@H](O)[C@H]2O)nc1Cc1cccc(Cl)c1. The molecule has 0 radical (unpaired) electrons. The molecule has 0 unspecified atom stereocenters. The minimum Gasteiger partial charge on any atom is -0.390 e. The zero-order valence-electron chi connectivity index (χ0n) is 19.0. The van der Waals surface area contributed by atoms with E-state index in [-0.39, 0.29) is 22.8 Å². The third kappa shape index (κ3) is 6.24. The molecule has 14 heteroatoms. The molecule has 4 rings (SSSR count). The lowest BCUT2D eigenvalue weighted by molar-refractivity contribution is 0.00778. The number of aliphatic hydroxyl groups is 2. The van der Waals surface area contributed by atoms with Gasteiger partial charge in [0.1, 0.15) is 18.2 Å². The summed E-state index contributed by atoms with van der Waals surface area (Å²) in [5.74, 6) is -0.943. The van der Waals surface area contributed by atoms with Crippen molar-refractivity contribution in [1.82, 2.24) is 15.0 Å². The fourth-order valence-corrected chi connectivity index (χ4v) is 5.51. The van der Waals surface area contributed by atoms with Gasteiger partial charge in [0.15, 0.2) is 5.01 Å². The summed E-state index contributed by atoms with van der Waals surface area (Å²) in [6, 6.07) is 6.68. The number of benzene rings is 1. The summed E-state index contributed by atoms with van der Waals surface area (Å²) >= 11 is 7.32. The van der Waals surface area contributed by atoms with Crippen molar-refractivity contribution >= 4 is 44.8 Å². The monoisotopic (exact) mass is 553 g/mol. The Balaban J connectivity index is 1.51. The van der Waals surface area contributed by atoms with E-state index in [2.05, 4.69) is 24.5 Å². The average Bonchev–Trinajstić information content (AvgIpc) is 3.31. The zero-order chi connectivity index (χ0) is 26.0. The number of aliphatic hydroxyl groups excluding tert-OH is 2. The topological polar surface area (TPSA) is 178 Å². The summed E-state index contributed by atoms with van der Waals surface area (Å²) in [6.07, 6.45) is 0.737.